The smallest absolute Gasteiger partial charge is 0.408 e. The van der Waals surface area contributed by atoms with Crippen molar-refractivity contribution in [3.05, 3.63) is 64.7 Å². The van der Waals surface area contributed by atoms with Crippen LogP contribution in [-0.2, 0) is 14.3 Å². The Morgan fingerprint density at radius 3 is 2.37 bits per heavy atom. The van der Waals surface area contributed by atoms with Gasteiger partial charge in [-0.1, -0.05) is 42.0 Å². The summed E-state index contributed by atoms with van der Waals surface area (Å²) in [4.78, 5) is 41.7. The van der Waals surface area contributed by atoms with Gasteiger partial charge in [0.2, 0.25) is 5.91 Å². The lowest BCUT2D eigenvalue weighted by Crippen LogP contribution is -2.52. The Morgan fingerprint density at radius 1 is 1.08 bits per heavy atom. The number of anilines is 1. The molecule has 3 amide bonds. The SMILES string of the molecule is CSCCC(NC(=O)OC(C)(C)C)C(=O)N(CC#N)C(C(=O)Nc1ccccc1C)c1cc(C)ccc1C. The molecule has 0 aliphatic heterocycles. The molecule has 204 valence electrons. The van der Waals surface area contributed by atoms with Crippen molar-refractivity contribution in [2.24, 2.45) is 0 Å². The van der Waals surface area contributed by atoms with E-state index in [1.165, 1.54) is 16.7 Å². The van der Waals surface area contributed by atoms with Gasteiger partial charge in [-0.2, -0.15) is 17.0 Å². The minimum Gasteiger partial charge on any atom is -0.444 e. The van der Waals surface area contributed by atoms with Crippen LogP contribution in [0, 0.1) is 32.1 Å². The van der Waals surface area contributed by atoms with Gasteiger partial charge in [0.1, 0.15) is 24.2 Å². The van der Waals surface area contributed by atoms with Crippen molar-refractivity contribution in [1.29, 1.82) is 5.26 Å². The molecular formula is C29H38N4O4S. The van der Waals surface area contributed by atoms with Crippen LogP contribution in [0.5, 0.6) is 0 Å². The number of amides is 3. The normalized spacial score (nSPS) is 12.6. The lowest BCUT2D eigenvalue weighted by molar-refractivity contribution is -0.140. The molecule has 8 nitrogen and oxygen atoms in total. The van der Waals surface area contributed by atoms with E-state index in [-0.39, 0.29) is 6.54 Å². The van der Waals surface area contributed by atoms with E-state index in [2.05, 4.69) is 10.6 Å². The Kier molecular flexibility index (Phi) is 11.2. The molecule has 0 heterocycles. The van der Waals surface area contributed by atoms with E-state index >= 15 is 0 Å². The van der Waals surface area contributed by atoms with Gasteiger partial charge in [-0.3, -0.25) is 9.59 Å². The van der Waals surface area contributed by atoms with Gasteiger partial charge in [0, 0.05) is 5.69 Å². The number of carbonyl (C=O) groups excluding carboxylic acids is 3. The predicted molar refractivity (Wildman–Crippen MR) is 152 cm³/mol. The van der Waals surface area contributed by atoms with E-state index in [4.69, 9.17) is 4.74 Å². The Bertz CT molecular complexity index is 1190. The fourth-order valence-electron chi connectivity index (χ4n) is 3.94. The molecule has 9 heteroatoms. The monoisotopic (exact) mass is 538 g/mol. The van der Waals surface area contributed by atoms with Crippen molar-refractivity contribution in [3.63, 3.8) is 0 Å². The van der Waals surface area contributed by atoms with Gasteiger partial charge in [-0.05, 0) is 82.7 Å². The third-order valence-corrected chi connectivity index (χ3v) is 6.46. The maximum atomic E-state index is 14.0. The number of rotatable bonds is 10. The second-order valence-corrected chi connectivity index (χ2v) is 11.2. The summed E-state index contributed by atoms with van der Waals surface area (Å²) in [5.74, 6) is -0.398. The van der Waals surface area contributed by atoms with Gasteiger partial charge in [-0.25, -0.2) is 4.79 Å². The number of nitriles is 1. The van der Waals surface area contributed by atoms with Crippen molar-refractivity contribution in [1.82, 2.24) is 10.2 Å². The van der Waals surface area contributed by atoms with Crippen LogP contribution in [0.3, 0.4) is 0 Å². The number of benzene rings is 2. The third-order valence-electron chi connectivity index (χ3n) is 5.82. The second-order valence-electron chi connectivity index (χ2n) is 10.2. The molecule has 2 atom stereocenters. The van der Waals surface area contributed by atoms with Gasteiger partial charge in [0.15, 0.2) is 0 Å². The number of hydrogen-bond donors (Lipinski definition) is 2. The number of thioether (sulfide) groups is 1. The van der Waals surface area contributed by atoms with Crippen LogP contribution in [0.2, 0.25) is 0 Å². The molecule has 0 aliphatic rings. The van der Waals surface area contributed by atoms with Crippen LogP contribution in [-0.4, -0.2) is 53.0 Å². The molecule has 0 aromatic heterocycles. The van der Waals surface area contributed by atoms with Crippen molar-refractivity contribution >= 4 is 35.4 Å². The van der Waals surface area contributed by atoms with Gasteiger partial charge >= 0.3 is 6.09 Å². The first-order valence-electron chi connectivity index (χ1n) is 12.5. The number of nitrogens with one attached hydrogen (secondary N) is 2. The molecule has 0 aliphatic carbocycles. The summed E-state index contributed by atoms with van der Waals surface area (Å²) in [6.07, 6.45) is 1.47. The topological polar surface area (TPSA) is 112 Å². The zero-order valence-electron chi connectivity index (χ0n) is 23.3. The maximum Gasteiger partial charge on any atom is 0.408 e. The van der Waals surface area contributed by atoms with E-state index in [0.29, 0.717) is 23.4 Å². The molecule has 38 heavy (non-hydrogen) atoms. The van der Waals surface area contributed by atoms with E-state index in [9.17, 15) is 19.6 Å². The predicted octanol–water partition coefficient (Wildman–Crippen LogP) is 5.29. The zero-order valence-corrected chi connectivity index (χ0v) is 24.1. The number of hydrogen-bond acceptors (Lipinski definition) is 6. The third kappa shape index (κ3) is 8.80. The average Bonchev–Trinajstić information content (AvgIpc) is 2.83. The first-order valence-corrected chi connectivity index (χ1v) is 13.9. The van der Waals surface area contributed by atoms with Gasteiger partial charge < -0.3 is 20.3 Å². The second kappa shape index (κ2) is 13.9. The summed E-state index contributed by atoms with van der Waals surface area (Å²) in [7, 11) is 0. The minimum atomic E-state index is -1.10. The van der Waals surface area contributed by atoms with Crippen LogP contribution >= 0.6 is 11.8 Å². The van der Waals surface area contributed by atoms with E-state index < -0.39 is 35.6 Å². The number of para-hydroxylation sites is 1. The van der Waals surface area contributed by atoms with Gasteiger partial charge in [0.25, 0.3) is 5.91 Å². The summed E-state index contributed by atoms with van der Waals surface area (Å²) >= 11 is 1.52. The highest BCUT2D eigenvalue weighted by molar-refractivity contribution is 7.98. The molecule has 2 rings (SSSR count). The quantitative estimate of drug-likeness (QED) is 0.398. The molecule has 0 radical (unpaired) electrons. The van der Waals surface area contributed by atoms with Crippen LogP contribution in [0.15, 0.2) is 42.5 Å². The largest absolute Gasteiger partial charge is 0.444 e. The summed E-state index contributed by atoms with van der Waals surface area (Å²) in [6, 6.07) is 13.0. The molecular weight excluding hydrogens is 500 g/mol. The van der Waals surface area contributed by atoms with E-state index in [0.717, 1.165) is 16.7 Å². The number of aryl methyl sites for hydroxylation is 3. The number of ether oxygens (including phenoxy) is 1. The van der Waals surface area contributed by atoms with Crippen molar-refractivity contribution < 1.29 is 19.1 Å². The first-order chi connectivity index (χ1) is 17.9. The zero-order chi connectivity index (χ0) is 28.5. The van der Waals surface area contributed by atoms with Crippen LogP contribution in [0.4, 0.5) is 10.5 Å². The molecule has 0 saturated heterocycles. The van der Waals surface area contributed by atoms with E-state index in [1.54, 1.807) is 26.8 Å². The van der Waals surface area contributed by atoms with Crippen LogP contribution in [0.1, 0.15) is 55.5 Å². The molecule has 2 aromatic rings. The summed E-state index contributed by atoms with van der Waals surface area (Å²) in [5, 5.41) is 15.3. The number of nitrogens with zero attached hydrogens (tertiary/aromatic N) is 2. The minimum absolute atomic E-state index is 0.306. The Morgan fingerprint density at radius 2 is 1.76 bits per heavy atom. The Balaban J connectivity index is 2.56. The Hall–Kier alpha value is -3.51. The summed E-state index contributed by atoms with van der Waals surface area (Å²) < 4.78 is 5.39. The molecule has 0 bridgehead atoms. The van der Waals surface area contributed by atoms with Crippen molar-refractivity contribution in [3.8, 4) is 6.07 Å². The standard InChI is InChI=1S/C29H38N4O4S/c1-19-12-13-20(2)22(18-19)25(26(34)31-23-11-9-8-10-21(23)3)33(16-15-30)27(35)24(14-17-38-7)32-28(36)37-29(4,5)6/h8-13,18,24-25H,14,16-17H2,1-7H3,(H,31,34)(H,32,36). The van der Waals surface area contributed by atoms with Crippen molar-refractivity contribution in [2.75, 3.05) is 23.9 Å². The number of carbonyl (C=O) groups is 3. The summed E-state index contributed by atoms with van der Waals surface area (Å²) in [6.45, 7) is 10.5. The van der Waals surface area contributed by atoms with Crippen LogP contribution in [0.25, 0.3) is 0 Å². The molecule has 2 unspecified atom stereocenters. The summed E-state index contributed by atoms with van der Waals surface area (Å²) in [5.41, 5.74) is 3.05. The average molecular weight is 539 g/mol. The first kappa shape index (κ1) is 30.7. The van der Waals surface area contributed by atoms with E-state index in [1.807, 2.05) is 69.5 Å². The van der Waals surface area contributed by atoms with Gasteiger partial charge in [0.05, 0.1) is 6.07 Å². The molecule has 0 saturated carbocycles. The molecule has 2 aromatic carbocycles. The van der Waals surface area contributed by atoms with Crippen molar-refractivity contribution in [2.45, 2.75) is 65.6 Å². The molecule has 0 fully saturated rings. The van der Waals surface area contributed by atoms with Gasteiger partial charge in [-0.15, -0.1) is 0 Å². The fourth-order valence-corrected chi connectivity index (χ4v) is 4.41. The highest BCUT2D eigenvalue weighted by Gasteiger charge is 2.37. The lowest BCUT2D eigenvalue weighted by atomic mass is 9.96. The molecule has 2 N–H and O–H groups in total. The molecule has 0 spiro atoms. The lowest BCUT2D eigenvalue weighted by Gasteiger charge is -2.33. The maximum absolute atomic E-state index is 14.0. The highest BCUT2D eigenvalue weighted by Crippen LogP contribution is 2.29. The highest BCUT2D eigenvalue weighted by atomic mass is 32.2. The Labute approximate surface area is 230 Å². The fraction of sp³-hybridized carbons (Fsp3) is 0.448. The number of alkyl carbamates (subject to hydrolysis) is 1. The van der Waals surface area contributed by atoms with Crippen LogP contribution < -0.4 is 10.6 Å².